The summed E-state index contributed by atoms with van der Waals surface area (Å²) >= 11 is 0. The third-order valence-corrected chi connectivity index (χ3v) is 4.01. The van der Waals surface area contributed by atoms with Crippen LogP contribution in [0.25, 0.3) is 0 Å². The summed E-state index contributed by atoms with van der Waals surface area (Å²) in [5.41, 5.74) is 0.0220. The van der Waals surface area contributed by atoms with E-state index in [9.17, 15) is 0 Å². The van der Waals surface area contributed by atoms with Gasteiger partial charge in [0.25, 0.3) is 0 Å². The predicted octanol–water partition coefficient (Wildman–Crippen LogP) is 0.694. The Bertz CT molecular complexity index is 256. The van der Waals surface area contributed by atoms with Crippen molar-refractivity contribution < 1.29 is 9.47 Å². The van der Waals surface area contributed by atoms with Gasteiger partial charge < -0.3 is 9.47 Å². The van der Waals surface area contributed by atoms with Gasteiger partial charge in [-0.05, 0) is 26.7 Å². The Morgan fingerprint density at radius 1 is 1.08 bits per heavy atom. The highest BCUT2D eigenvalue weighted by Crippen LogP contribution is 2.64. The van der Waals surface area contributed by atoms with Crippen LogP contribution in [0.5, 0.6) is 0 Å². The van der Waals surface area contributed by atoms with Crippen LogP contribution >= 0.6 is 0 Å². The molecule has 3 heteroatoms. The Hall–Kier alpha value is -0.120. The molecule has 3 nitrogen and oxygen atoms in total. The summed E-state index contributed by atoms with van der Waals surface area (Å²) in [4.78, 5) is 2.47. The summed E-state index contributed by atoms with van der Waals surface area (Å²) < 4.78 is 11.9. The largest absolute Gasteiger partial charge is 0.353 e. The Labute approximate surface area is 71.6 Å². The molecule has 3 saturated heterocycles. The molecule has 0 spiro atoms. The Balaban J connectivity index is 1.91. The summed E-state index contributed by atoms with van der Waals surface area (Å²) in [7, 11) is 0. The molecule has 3 aliphatic heterocycles. The van der Waals surface area contributed by atoms with Crippen LogP contribution in [0.15, 0.2) is 0 Å². The highest BCUT2D eigenvalue weighted by atomic mass is 16.7. The maximum atomic E-state index is 5.97. The summed E-state index contributed by atoms with van der Waals surface area (Å²) in [6, 6.07) is 0.600. The quantitative estimate of drug-likeness (QED) is 0.530. The molecule has 4 rings (SSSR count). The van der Waals surface area contributed by atoms with Gasteiger partial charge >= 0.3 is 0 Å². The van der Waals surface area contributed by atoms with E-state index in [4.69, 9.17) is 9.47 Å². The van der Waals surface area contributed by atoms with Crippen molar-refractivity contribution in [3.63, 3.8) is 0 Å². The fraction of sp³-hybridized carbons (Fsp3) is 1.00. The zero-order valence-corrected chi connectivity index (χ0v) is 7.41. The van der Waals surface area contributed by atoms with Gasteiger partial charge in [-0.3, -0.25) is 0 Å². The molecule has 0 aromatic heterocycles. The van der Waals surface area contributed by atoms with E-state index in [1.54, 1.807) is 0 Å². The van der Waals surface area contributed by atoms with Crippen molar-refractivity contribution in [1.29, 1.82) is 0 Å². The normalized spacial score (nSPS) is 72.0. The molecule has 66 valence electrons. The fourth-order valence-electron chi connectivity index (χ4n) is 3.46. The van der Waals surface area contributed by atoms with Crippen molar-refractivity contribution >= 4 is 0 Å². The van der Waals surface area contributed by atoms with Gasteiger partial charge in [0.15, 0.2) is 0 Å². The smallest absolute Gasteiger partial charge is 0.122 e. The molecule has 1 saturated carbocycles. The van der Waals surface area contributed by atoms with Crippen molar-refractivity contribution in [3.8, 4) is 0 Å². The van der Waals surface area contributed by atoms with E-state index in [-0.39, 0.29) is 11.4 Å². The number of nitrogens with zero attached hydrogens (tertiary/aromatic N) is 1. The van der Waals surface area contributed by atoms with Gasteiger partial charge in [-0.25, -0.2) is 4.90 Å². The third kappa shape index (κ3) is 0.424. The van der Waals surface area contributed by atoms with Gasteiger partial charge in [-0.15, -0.1) is 0 Å². The highest BCUT2D eigenvalue weighted by molar-refractivity contribution is 5.25. The van der Waals surface area contributed by atoms with Gasteiger partial charge in [0.1, 0.15) is 23.7 Å². The van der Waals surface area contributed by atoms with E-state index in [0.717, 1.165) is 12.8 Å². The summed E-state index contributed by atoms with van der Waals surface area (Å²) in [6.07, 6.45) is 3.07. The number of hydrogen-bond donors (Lipinski definition) is 0. The molecule has 4 aliphatic rings. The van der Waals surface area contributed by atoms with Crippen LogP contribution < -0.4 is 0 Å². The van der Waals surface area contributed by atoms with Crippen LogP contribution in [0.1, 0.15) is 26.7 Å². The Morgan fingerprint density at radius 3 is 2.08 bits per heavy atom. The second kappa shape index (κ2) is 1.37. The lowest BCUT2D eigenvalue weighted by Gasteiger charge is -2.32. The van der Waals surface area contributed by atoms with Crippen LogP contribution in [0.3, 0.4) is 0 Å². The highest BCUT2D eigenvalue weighted by Gasteiger charge is 2.79. The van der Waals surface area contributed by atoms with Crippen molar-refractivity contribution in [2.45, 2.75) is 56.4 Å². The standard InChI is InChI=1S/C9H13NO2/c1-8-3-4-9(2)10(8)5-6(11-8)7(5)12-9/h5-7H,3-4H2,1-2H3. The molecule has 4 fully saturated rings. The fourth-order valence-corrected chi connectivity index (χ4v) is 3.46. The van der Waals surface area contributed by atoms with Gasteiger partial charge in [-0.1, -0.05) is 0 Å². The maximum Gasteiger partial charge on any atom is 0.122 e. The molecule has 4 atom stereocenters. The molecule has 4 unspecified atom stereocenters. The van der Waals surface area contributed by atoms with E-state index >= 15 is 0 Å². The zero-order chi connectivity index (χ0) is 8.14. The molecule has 0 bridgehead atoms. The molecule has 0 aromatic rings. The molecular weight excluding hydrogens is 154 g/mol. The summed E-state index contributed by atoms with van der Waals surface area (Å²) in [5.74, 6) is 0. The molecule has 3 heterocycles. The topological polar surface area (TPSA) is 21.7 Å². The molecule has 12 heavy (non-hydrogen) atoms. The van der Waals surface area contributed by atoms with Gasteiger partial charge in [-0.2, -0.15) is 0 Å². The van der Waals surface area contributed by atoms with Crippen molar-refractivity contribution in [2.75, 3.05) is 0 Å². The molecule has 0 N–H and O–H groups in total. The monoisotopic (exact) mass is 167 g/mol. The van der Waals surface area contributed by atoms with E-state index in [0.29, 0.717) is 18.2 Å². The first-order valence-corrected chi connectivity index (χ1v) is 4.79. The zero-order valence-electron chi connectivity index (χ0n) is 7.41. The lowest BCUT2D eigenvalue weighted by Crippen LogP contribution is -2.46. The first kappa shape index (κ1) is 6.35. The van der Waals surface area contributed by atoms with Gasteiger partial charge in [0, 0.05) is 0 Å². The van der Waals surface area contributed by atoms with E-state index in [1.165, 1.54) is 0 Å². The van der Waals surface area contributed by atoms with Gasteiger partial charge in [0.2, 0.25) is 0 Å². The lowest BCUT2D eigenvalue weighted by atomic mass is 10.1. The van der Waals surface area contributed by atoms with Crippen molar-refractivity contribution in [1.82, 2.24) is 4.90 Å². The minimum Gasteiger partial charge on any atom is -0.353 e. The van der Waals surface area contributed by atoms with Crippen LogP contribution in [-0.2, 0) is 9.47 Å². The van der Waals surface area contributed by atoms with Crippen LogP contribution in [0.2, 0.25) is 0 Å². The van der Waals surface area contributed by atoms with Crippen LogP contribution in [-0.4, -0.2) is 34.6 Å². The van der Waals surface area contributed by atoms with E-state index < -0.39 is 0 Å². The molecule has 1 aliphatic carbocycles. The van der Waals surface area contributed by atoms with Crippen LogP contribution in [0, 0.1) is 0 Å². The number of rotatable bonds is 0. The van der Waals surface area contributed by atoms with Crippen LogP contribution in [0.4, 0.5) is 0 Å². The maximum absolute atomic E-state index is 5.97. The number of hydrogen-bond acceptors (Lipinski definition) is 3. The average molecular weight is 167 g/mol. The average Bonchev–Trinajstić information content (AvgIpc) is 2.45. The summed E-state index contributed by atoms with van der Waals surface area (Å²) in [6.45, 7) is 4.41. The minimum absolute atomic E-state index is 0.0110. The molecular formula is C9H13NO2. The third-order valence-electron chi connectivity index (χ3n) is 4.01. The first-order valence-electron chi connectivity index (χ1n) is 4.79. The predicted molar refractivity (Wildman–Crippen MR) is 41.4 cm³/mol. The minimum atomic E-state index is 0.0110. The number of ether oxygens (including phenoxy) is 2. The Morgan fingerprint density at radius 2 is 1.58 bits per heavy atom. The molecule has 0 aromatic carbocycles. The lowest BCUT2D eigenvalue weighted by molar-refractivity contribution is -0.102. The Kier molecular flexibility index (Phi) is 0.723. The molecule has 0 amide bonds. The number of fused-ring (bicyclic) bond motifs is 1. The summed E-state index contributed by atoms with van der Waals surface area (Å²) in [5, 5.41) is 0. The second-order valence-corrected chi connectivity index (χ2v) is 4.88. The van der Waals surface area contributed by atoms with Gasteiger partial charge in [0.05, 0.1) is 6.04 Å². The molecule has 0 radical (unpaired) electrons. The van der Waals surface area contributed by atoms with E-state index in [2.05, 4.69) is 18.7 Å². The van der Waals surface area contributed by atoms with Crippen molar-refractivity contribution in [2.24, 2.45) is 0 Å². The second-order valence-electron chi connectivity index (χ2n) is 4.88. The SMILES string of the molecule is CC12CCC3(C)OC4C(O1)C4N23. The first-order chi connectivity index (χ1) is 5.64. The van der Waals surface area contributed by atoms with E-state index in [1.807, 2.05) is 0 Å². The van der Waals surface area contributed by atoms with Crippen molar-refractivity contribution in [3.05, 3.63) is 0 Å².